The maximum atomic E-state index is 12.4. The number of carbonyl (C=O) groups is 2. The Kier molecular flexibility index (Phi) is 22.5. The van der Waals surface area contributed by atoms with Gasteiger partial charge in [0.2, 0.25) is 0 Å². The van der Waals surface area contributed by atoms with Crippen LogP contribution in [0.1, 0.15) is 44.7 Å². The fourth-order valence-corrected chi connectivity index (χ4v) is 2.06. The van der Waals surface area contributed by atoms with Gasteiger partial charge in [0.05, 0.1) is 0 Å². The van der Waals surface area contributed by atoms with Crippen molar-refractivity contribution in [3.63, 3.8) is 0 Å². The van der Waals surface area contributed by atoms with E-state index in [2.05, 4.69) is 30.4 Å². The van der Waals surface area contributed by atoms with E-state index in [1.165, 1.54) is 12.3 Å². The number of likely N-dealkylation sites (N-methyl/N-ethyl adjacent to an activating group) is 1. The van der Waals surface area contributed by atoms with Crippen molar-refractivity contribution in [2.24, 2.45) is 4.99 Å². The lowest BCUT2D eigenvalue weighted by molar-refractivity contribution is -0.117. The summed E-state index contributed by atoms with van der Waals surface area (Å²) < 4.78 is 0. The number of carbonyl (C=O) groups excluding carboxylic acids is 2. The number of amidine groups is 1. The fourth-order valence-electron chi connectivity index (χ4n) is 2.06. The molecule has 0 aliphatic rings. The number of benzene rings is 1. The van der Waals surface area contributed by atoms with Gasteiger partial charge >= 0.3 is 0 Å². The highest BCUT2D eigenvalue weighted by atomic mass is 16.3. The molecule has 0 aromatic heterocycles. The average molecular weight is 434 g/mol. The highest BCUT2D eigenvalue weighted by Gasteiger charge is 2.20. The molecule has 0 bridgehead atoms. The summed E-state index contributed by atoms with van der Waals surface area (Å²) in [6.07, 6.45) is 4.74. The van der Waals surface area contributed by atoms with E-state index < -0.39 is 5.91 Å². The smallest absolute Gasteiger partial charge is 0.276 e. The molecule has 0 aliphatic carbocycles. The molecule has 1 aromatic carbocycles. The van der Waals surface area contributed by atoms with Gasteiger partial charge < -0.3 is 25.2 Å². The van der Waals surface area contributed by atoms with Crippen molar-refractivity contribution in [3.05, 3.63) is 66.5 Å². The number of nitrogens with zero attached hydrogens (tertiary/aromatic N) is 2. The van der Waals surface area contributed by atoms with Crippen LogP contribution < -0.4 is 5.32 Å². The van der Waals surface area contributed by atoms with Crippen molar-refractivity contribution in [2.75, 3.05) is 20.7 Å². The molecule has 0 saturated carbocycles. The maximum absolute atomic E-state index is 12.4. The van der Waals surface area contributed by atoms with Gasteiger partial charge in [0.1, 0.15) is 18.3 Å². The van der Waals surface area contributed by atoms with E-state index in [9.17, 15) is 9.90 Å². The minimum absolute atomic E-state index is 0.0948. The van der Waals surface area contributed by atoms with Gasteiger partial charge in [0.15, 0.2) is 5.76 Å². The van der Waals surface area contributed by atoms with Crippen LogP contribution in [0.4, 0.5) is 0 Å². The van der Waals surface area contributed by atoms with Crippen molar-refractivity contribution in [2.45, 2.75) is 40.5 Å². The van der Waals surface area contributed by atoms with Crippen molar-refractivity contribution < 1.29 is 19.8 Å². The summed E-state index contributed by atoms with van der Waals surface area (Å²) in [5.41, 5.74) is 1.60. The van der Waals surface area contributed by atoms with Crippen LogP contribution in [0, 0.1) is 6.92 Å². The first-order valence-corrected chi connectivity index (χ1v) is 10.0. The van der Waals surface area contributed by atoms with Crippen LogP contribution >= 0.6 is 0 Å². The number of aryl methyl sites for hydroxylation is 1. The molecule has 0 saturated heterocycles. The summed E-state index contributed by atoms with van der Waals surface area (Å²) in [5.74, 6) is -0.314. The molecule has 1 amide bonds. The van der Waals surface area contributed by atoms with Gasteiger partial charge in [-0.25, -0.2) is 4.99 Å². The normalized spacial score (nSPS) is 10.4. The minimum atomic E-state index is -0.480. The van der Waals surface area contributed by atoms with E-state index in [1.807, 2.05) is 39.7 Å². The minimum Gasteiger partial charge on any atom is -0.505 e. The van der Waals surface area contributed by atoms with Gasteiger partial charge in [-0.3, -0.25) is 4.79 Å². The summed E-state index contributed by atoms with van der Waals surface area (Å²) in [4.78, 5) is 25.9. The second-order valence-corrected chi connectivity index (χ2v) is 5.84. The van der Waals surface area contributed by atoms with Gasteiger partial charge in [-0.1, -0.05) is 64.6 Å². The Morgan fingerprint density at radius 1 is 1.19 bits per heavy atom. The standard InChI is InChI=1S/C17H21N3O2.C4H10O.C2H6.CH2O/c1-6-14(18-7-2)19-17(22)15(20(4)5)16(21)13-11-9-8-10-12(13)3;1-2-3-4-5;2*1-2/h6-11,21H,1-2H2,3-5H3,(H,18,19,22);5H,2-4H2,1H3;1-2H3;1H2/b16-15+;;;. The van der Waals surface area contributed by atoms with Crippen LogP contribution in [0.15, 0.2) is 60.4 Å². The zero-order chi connectivity index (χ0) is 24.8. The number of aliphatic hydroxyl groups excluding tert-OH is 2. The topological polar surface area (TPSA) is 102 Å². The number of unbranched alkanes of at least 4 members (excludes halogenated alkanes) is 1. The first kappa shape index (κ1) is 32.5. The monoisotopic (exact) mass is 433 g/mol. The Balaban J connectivity index is -0.000000747. The van der Waals surface area contributed by atoms with Crippen LogP contribution in [0.3, 0.4) is 0 Å². The van der Waals surface area contributed by atoms with Gasteiger partial charge in [-0.15, -0.1) is 0 Å². The molecule has 0 fully saturated rings. The van der Waals surface area contributed by atoms with E-state index in [1.54, 1.807) is 31.1 Å². The predicted octanol–water partition coefficient (Wildman–Crippen LogP) is 4.25. The SMILES string of the molecule is C=CN=C(C=C)NC(=O)/C(=C(\O)c1ccccc1C)N(C)C.C=O.CC.CCCCO. The number of hydrogen-bond donors (Lipinski definition) is 3. The molecule has 0 aliphatic heterocycles. The molecule has 31 heavy (non-hydrogen) atoms. The van der Waals surface area contributed by atoms with Gasteiger partial charge in [-0.05, 0) is 25.0 Å². The van der Waals surface area contributed by atoms with E-state index in [0.717, 1.165) is 18.4 Å². The van der Waals surface area contributed by atoms with E-state index in [4.69, 9.17) is 9.90 Å². The number of aliphatic hydroxyl groups is 2. The molecular formula is C24H39N3O4. The van der Waals surface area contributed by atoms with E-state index >= 15 is 0 Å². The molecule has 174 valence electrons. The Labute approximate surface area is 187 Å². The van der Waals surface area contributed by atoms with Crippen LogP contribution in [0.2, 0.25) is 0 Å². The number of rotatable bonds is 7. The maximum Gasteiger partial charge on any atom is 0.276 e. The zero-order valence-corrected chi connectivity index (χ0v) is 19.8. The summed E-state index contributed by atoms with van der Waals surface area (Å²) in [7, 11) is 3.36. The molecular weight excluding hydrogens is 394 g/mol. The predicted molar refractivity (Wildman–Crippen MR) is 131 cm³/mol. The Morgan fingerprint density at radius 2 is 1.74 bits per heavy atom. The van der Waals surface area contributed by atoms with Crippen molar-refractivity contribution in [1.29, 1.82) is 0 Å². The fraction of sp³-hybridized carbons (Fsp3) is 0.375. The lowest BCUT2D eigenvalue weighted by atomic mass is 10.1. The summed E-state index contributed by atoms with van der Waals surface area (Å²) >= 11 is 0. The summed E-state index contributed by atoms with van der Waals surface area (Å²) in [6, 6.07) is 7.30. The highest BCUT2D eigenvalue weighted by molar-refractivity contribution is 6.11. The van der Waals surface area contributed by atoms with Crippen molar-refractivity contribution in [1.82, 2.24) is 10.2 Å². The average Bonchev–Trinajstić information content (AvgIpc) is 2.77. The summed E-state index contributed by atoms with van der Waals surface area (Å²) in [5, 5.41) is 21.2. The molecule has 1 aromatic rings. The van der Waals surface area contributed by atoms with Crippen molar-refractivity contribution in [3.8, 4) is 0 Å². The van der Waals surface area contributed by atoms with Gasteiger partial charge in [0, 0.05) is 32.5 Å². The van der Waals surface area contributed by atoms with E-state index in [-0.39, 0.29) is 17.3 Å². The molecule has 0 atom stereocenters. The van der Waals surface area contributed by atoms with E-state index in [0.29, 0.717) is 12.2 Å². The van der Waals surface area contributed by atoms with Crippen LogP contribution in [0.5, 0.6) is 0 Å². The Bertz CT molecular complexity index is 709. The quantitative estimate of drug-likeness (QED) is 0.258. The lowest BCUT2D eigenvalue weighted by Crippen LogP contribution is -2.35. The lowest BCUT2D eigenvalue weighted by Gasteiger charge is -2.19. The zero-order valence-electron chi connectivity index (χ0n) is 19.8. The first-order valence-electron chi connectivity index (χ1n) is 10.0. The van der Waals surface area contributed by atoms with Crippen LogP contribution in [-0.2, 0) is 9.59 Å². The third-order valence-corrected chi connectivity index (χ3v) is 3.46. The van der Waals surface area contributed by atoms with Crippen molar-refractivity contribution >= 4 is 24.3 Å². The van der Waals surface area contributed by atoms with Crippen LogP contribution in [-0.4, -0.2) is 54.3 Å². The Morgan fingerprint density at radius 3 is 2.10 bits per heavy atom. The molecule has 0 heterocycles. The number of hydrogen-bond acceptors (Lipinski definition) is 6. The molecule has 7 heteroatoms. The summed E-state index contributed by atoms with van der Waals surface area (Å²) in [6.45, 7) is 17.3. The molecule has 7 nitrogen and oxygen atoms in total. The Hall–Kier alpha value is -3.19. The van der Waals surface area contributed by atoms with Gasteiger partial charge in [0.25, 0.3) is 5.91 Å². The number of nitrogens with one attached hydrogen (secondary N) is 1. The largest absolute Gasteiger partial charge is 0.505 e. The molecule has 0 spiro atoms. The molecule has 1 rings (SSSR count). The van der Waals surface area contributed by atoms with Gasteiger partial charge in [-0.2, -0.15) is 0 Å². The first-order chi connectivity index (χ1) is 14.8. The van der Waals surface area contributed by atoms with Crippen LogP contribution in [0.25, 0.3) is 5.76 Å². The molecule has 3 N–H and O–H groups in total. The third kappa shape index (κ3) is 13.6. The second kappa shape index (κ2) is 21.5. The number of aliphatic imine (C=N–C) groups is 1. The highest BCUT2D eigenvalue weighted by Crippen LogP contribution is 2.21. The number of amides is 1. The third-order valence-electron chi connectivity index (χ3n) is 3.46. The second-order valence-electron chi connectivity index (χ2n) is 5.84. The molecule has 0 unspecified atom stereocenters. The molecule has 0 radical (unpaired) electrons.